The molecule has 0 spiro atoms. The van der Waals surface area contributed by atoms with Gasteiger partial charge in [0.2, 0.25) is 0 Å². The van der Waals surface area contributed by atoms with E-state index in [1.165, 1.54) is 25.4 Å². The van der Waals surface area contributed by atoms with Gasteiger partial charge in [-0.1, -0.05) is 29.8 Å². The van der Waals surface area contributed by atoms with Gasteiger partial charge in [-0.25, -0.2) is 5.43 Å². The Morgan fingerprint density at radius 1 is 1.17 bits per heavy atom. The van der Waals surface area contributed by atoms with Crippen LogP contribution in [-0.2, 0) is 0 Å². The molecule has 18 heavy (non-hydrogen) atoms. The summed E-state index contributed by atoms with van der Waals surface area (Å²) in [6, 6.07) is 12.9. The third-order valence-electron chi connectivity index (χ3n) is 2.99. The normalized spacial score (nSPS) is 13.0. The molecular formula is C14H14N2S2. The Labute approximate surface area is 114 Å². The van der Waals surface area contributed by atoms with Gasteiger partial charge in [0.05, 0.1) is 6.04 Å². The standard InChI is InChI=1S/C14H14N2S2/c1-9-3-2-4-10(7-9)14(16-15)13-8-12-11(18-13)5-6-17-12/h2-8,14,16H,15H2,1H3. The minimum atomic E-state index is 0.0782. The van der Waals surface area contributed by atoms with Crippen molar-refractivity contribution < 1.29 is 0 Å². The summed E-state index contributed by atoms with van der Waals surface area (Å²) in [4.78, 5) is 1.27. The third-order valence-corrected chi connectivity index (χ3v) is 5.14. The molecule has 1 atom stereocenters. The number of benzene rings is 1. The van der Waals surface area contributed by atoms with Crippen LogP contribution in [0.1, 0.15) is 22.0 Å². The van der Waals surface area contributed by atoms with Crippen molar-refractivity contribution in [3.8, 4) is 0 Å². The number of nitrogens with two attached hydrogens (primary N) is 1. The van der Waals surface area contributed by atoms with Crippen molar-refractivity contribution in [3.05, 3.63) is 57.8 Å². The summed E-state index contributed by atoms with van der Waals surface area (Å²) in [6.45, 7) is 2.10. The van der Waals surface area contributed by atoms with Gasteiger partial charge in [-0.15, -0.1) is 22.7 Å². The van der Waals surface area contributed by atoms with Crippen molar-refractivity contribution >= 4 is 32.1 Å². The average molecular weight is 274 g/mol. The summed E-state index contributed by atoms with van der Waals surface area (Å²) in [5, 5.41) is 2.13. The van der Waals surface area contributed by atoms with E-state index >= 15 is 0 Å². The lowest BCUT2D eigenvalue weighted by molar-refractivity contribution is 0.646. The van der Waals surface area contributed by atoms with Crippen LogP contribution in [-0.4, -0.2) is 0 Å². The first kappa shape index (κ1) is 11.9. The lowest BCUT2D eigenvalue weighted by Gasteiger charge is -2.15. The van der Waals surface area contributed by atoms with E-state index < -0.39 is 0 Å². The molecule has 0 saturated heterocycles. The monoisotopic (exact) mass is 274 g/mol. The molecule has 2 aromatic heterocycles. The Morgan fingerprint density at radius 3 is 2.78 bits per heavy atom. The number of hydrazine groups is 1. The van der Waals surface area contributed by atoms with E-state index in [1.807, 2.05) is 0 Å². The highest BCUT2D eigenvalue weighted by atomic mass is 32.1. The first-order chi connectivity index (χ1) is 8.78. The van der Waals surface area contributed by atoms with Crippen LogP contribution in [0.15, 0.2) is 41.8 Å². The topological polar surface area (TPSA) is 38.0 Å². The molecule has 3 rings (SSSR count). The summed E-state index contributed by atoms with van der Waals surface area (Å²) < 4.78 is 2.67. The second kappa shape index (κ2) is 4.82. The van der Waals surface area contributed by atoms with Crippen LogP contribution in [0.25, 0.3) is 9.40 Å². The minimum Gasteiger partial charge on any atom is -0.271 e. The summed E-state index contributed by atoms with van der Waals surface area (Å²) in [5.74, 6) is 5.74. The molecule has 2 heterocycles. The maximum Gasteiger partial charge on any atom is 0.0803 e. The van der Waals surface area contributed by atoms with Gasteiger partial charge in [0.15, 0.2) is 0 Å². The molecular weight excluding hydrogens is 260 g/mol. The zero-order valence-corrected chi connectivity index (χ0v) is 11.6. The minimum absolute atomic E-state index is 0.0782. The Hall–Kier alpha value is -1.20. The largest absolute Gasteiger partial charge is 0.271 e. The SMILES string of the molecule is Cc1cccc(C(NN)c2cc3sccc3s2)c1. The highest BCUT2D eigenvalue weighted by Crippen LogP contribution is 2.35. The van der Waals surface area contributed by atoms with E-state index in [4.69, 9.17) is 5.84 Å². The lowest BCUT2D eigenvalue weighted by Crippen LogP contribution is -2.28. The van der Waals surface area contributed by atoms with Crippen LogP contribution in [0, 0.1) is 6.92 Å². The third kappa shape index (κ3) is 2.08. The van der Waals surface area contributed by atoms with Gasteiger partial charge >= 0.3 is 0 Å². The van der Waals surface area contributed by atoms with E-state index in [-0.39, 0.29) is 6.04 Å². The summed E-state index contributed by atoms with van der Waals surface area (Å²) >= 11 is 3.58. The van der Waals surface area contributed by atoms with Crippen molar-refractivity contribution in [1.82, 2.24) is 5.43 Å². The molecule has 0 aliphatic rings. The second-order valence-electron chi connectivity index (χ2n) is 4.31. The highest BCUT2D eigenvalue weighted by molar-refractivity contribution is 7.27. The summed E-state index contributed by atoms with van der Waals surface area (Å²) in [7, 11) is 0. The van der Waals surface area contributed by atoms with Crippen molar-refractivity contribution in [2.24, 2.45) is 5.84 Å². The molecule has 0 aliphatic carbocycles. The molecule has 92 valence electrons. The summed E-state index contributed by atoms with van der Waals surface area (Å²) in [6.07, 6.45) is 0. The molecule has 2 nitrogen and oxygen atoms in total. The number of thiophene rings is 2. The molecule has 3 aromatic rings. The fourth-order valence-corrected chi connectivity index (χ4v) is 4.33. The summed E-state index contributed by atoms with van der Waals surface area (Å²) in [5.41, 5.74) is 5.40. The zero-order chi connectivity index (χ0) is 12.5. The van der Waals surface area contributed by atoms with Crippen LogP contribution < -0.4 is 11.3 Å². The van der Waals surface area contributed by atoms with E-state index in [9.17, 15) is 0 Å². The quantitative estimate of drug-likeness (QED) is 0.563. The predicted molar refractivity (Wildman–Crippen MR) is 80.0 cm³/mol. The molecule has 0 fully saturated rings. The Balaban J connectivity index is 2.04. The molecule has 0 radical (unpaired) electrons. The van der Waals surface area contributed by atoms with Gasteiger partial charge in [0.1, 0.15) is 0 Å². The number of nitrogens with one attached hydrogen (secondary N) is 1. The first-order valence-corrected chi connectivity index (χ1v) is 7.47. The van der Waals surface area contributed by atoms with Gasteiger partial charge in [-0.05, 0) is 30.0 Å². The fraction of sp³-hybridized carbons (Fsp3) is 0.143. The smallest absolute Gasteiger partial charge is 0.0803 e. The van der Waals surface area contributed by atoms with Gasteiger partial charge in [-0.2, -0.15) is 0 Å². The number of hydrogen-bond donors (Lipinski definition) is 2. The Morgan fingerprint density at radius 2 is 2.06 bits per heavy atom. The van der Waals surface area contributed by atoms with E-state index in [2.05, 4.69) is 54.1 Å². The van der Waals surface area contributed by atoms with Crippen LogP contribution >= 0.6 is 22.7 Å². The van der Waals surface area contributed by atoms with E-state index in [1.54, 1.807) is 22.7 Å². The lowest BCUT2D eigenvalue weighted by atomic mass is 10.0. The molecule has 4 heteroatoms. The maximum atomic E-state index is 5.74. The van der Waals surface area contributed by atoms with Gasteiger partial charge in [0.25, 0.3) is 0 Å². The molecule has 0 amide bonds. The van der Waals surface area contributed by atoms with Crippen LogP contribution in [0.2, 0.25) is 0 Å². The highest BCUT2D eigenvalue weighted by Gasteiger charge is 2.15. The molecule has 0 bridgehead atoms. The van der Waals surface area contributed by atoms with Crippen molar-refractivity contribution in [2.45, 2.75) is 13.0 Å². The molecule has 1 aromatic carbocycles. The Kier molecular flexibility index (Phi) is 3.18. The van der Waals surface area contributed by atoms with Gasteiger partial charge in [0, 0.05) is 14.3 Å². The number of aryl methyl sites for hydroxylation is 1. The molecule has 0 saturated carbocycles. The van der Waals surface area contributed by atoms with Crippen molar-refractivity contribution in [2.75, 3.05) is 0 Å². The van der Waals surface area contributed by atoms with Gasteiger partial charge in [-0.3, -0.25) is 5.84 Å². The van der Waals surface area contributed by atoms with Gasteiger partial charge < -0.3 is 0 Å². The predicted octanol–water partition coefficient (Wildman–Crippen LogP) is 3.82. The van der Waals surface area contributed by atoms with Crippen LogP contribution in [0.4, 0.5) is 0 Å². The van der Waals surface area contributed by atoms with E-state index in [0.29, 0.717) is 0 Å². The molecule has 1 unspecified atom stereocenters. The van der Waals surface area contributed by atoms with Crippen molar-refractivity contribution in [3.63, 3.8) is 0 Å². The zero-order valence-electron chi connectivity index (χ0n) is 10.0. The second-order valence-corrected chi connectivity index (χ2v) is 6.37. The maximum absolute atomic E-state index is 5.74. The molecule has 0 aliphatic heterocycles. The molecule has 3 N–H and O–H groups in total. The fourth-order valence-electron chi connectivity index (χ4n) is 2.12. The number of fused-ring (bicyclic) bond motifs is 1. The van der Waals surface area contributed by atoms with Crippen LogP contribution in [0.5, 0.6) is 0 Å². The van der Waals surface area contributed by atoms with Crippen molar-refractivity contribution in [1.29, 1.82) is 0 Å². The average Bonchev–Trinajstić information content (AvgIpc) is 2.91. The number of rotatable bonds is 3. The van der Waals surface area contributed by atoms with E-state index in [0.717, 1.165) is 0 Å². The first-order valence-electron chi connectivity index (χ1n) is 5.77. The van der Waals surface area contributed by atoms with Crippen LogP contribution in [0.3, 0.4) is 0 Å². The number of hydrogen-bond acceptors (Lipinski definition) is 4. The Bertz CT molecular complexity index is 641.